The minimum Gasteiger partial charge on any atom is -0.241 e. The number of nitrogens with zero attached hydrogens (tertiary/aromatic N) is 2. The summed E-state index contributed by atoms with van der Waals surface area (Å²) in [5.41, 5.74) is 1.76. The maximum atomic E-state index is 12.8. The molecule has 0 radical (unpaired) electrons. The zero-order valence-corrected chi connectivity index (χ0v) is 9.15. The number of aryl methyl sites for hydroxylation is 1. The minimum atomic E-state index is -0.230. The number of rotatable bonds is 3. The van der Waals surface area contributed by atoms with Crippen LogP contribution in [0, 0.1) is 5.82 Å². The summed E-state index contributed by atoms with van der Waals surface area (Å²) < 4.78 is 12.8. The topological polar surface area (TPSA) is 25.8 Å². The van der Waals surface area contributed by atoms with Crippen molar-refractivity contribution >= 4 is 0 Å². The van der Waals surface area contributed by atoms with E-state index >= 15 is 0 Å². The summed E-state index contributed by atoms with van der Waals surface area (Å²) >= 11 is 0. The Morgan fingerprint density at radius 1 is 1.12 bits per heavy atom. The first-order valence-electron chi connectivity index (χ1n) is 5.37. The highest BCUT2D eigenvalue weighted by Crippen LogP contribution is 2.16. The van der Waals surface area contributed by atoms with Crippen molar-refractivity contribution in [3.8, 4) is 11.3 Å². The summed E-state index contributed by atoms with van der Waals surface area (Å²) in [5.74, 6) is 0.607. The van der Waals surface area contributed by atoms with Gasteiger partial charge >= 0.3 is 0 Å². The van der Waals surface area contributed by atoms with Gasteiger partial charge in [-0.2, -0.15) is 0 Å². The molecule has 0 amide bonds. The molecular weight excluding hydrogens is 203 g/mol. The van der Waals surface area contributed by atoms with E-state index in [1.165, 1.54) is 12.1 Å². The minimum absolute atomic E-state index is 0.230. The van der Waals surface area contributed by atoms with Crippen LogP contribution >= 0.6 is 0 Å². The van der Waals surface area contributed by atoms with Gasteiger partial charge in [0.2, 0.25) is 0 Å². The highest BCUT2D eigenvalue weighted by atomic mass is 19.1. The molecule has 1 aromatic heterocycles. The third kappa shape index (κ3) is 2.42. The SMILES string of the molecule is CCCc1nccc(-c2ccc(F)cc2)n1. The lowest BCUT2D eigenvalue weighted by molar-refractivity contribution is 0.628. The second kappa shape index (κ2) is 4.84. The maximum Gasteiger partial charge on any atom is 0.128 e. The second-order valence-electron chi connectivity index (χ2n) is 3.62. The molecule has 0 unspecified atom stereocenters. The first-order valence-corrected chi connectivity index (χ1v) is 5.37. The van der Waals surface area contributed by atoms with Crippen LogP contribution in [-0.2, 0) is 6.42 Å². The molecule has 82 valence electrons. The number of halogens is 1. The normalized spacial score (nSPS) is 10.4. The van der Waals surface area contributed by atoms with E-state index in [0.29, 0.717) is 0 Å². The fourth-order valence-electron chi connectivity index (χ4n) is 1.52. The molecule has 2 nitrogen and oxygen atoms in total. The average molecular weight is 216 g/mol. The summed E-state index contributed by atoms with van der Waals surface area (Å²) in [7, 11) is 0. The van der Waals surface area contributed by atoms with Gasteiger partial charge in [-0.05, 0) is 36.8 Å². The Bertz CT molecular complexity index is 466. The summed E-state index contributed by atoms with van der Waals surface area (Å²) in [6, 6.07) is 8.18. The fourth-order valence-corrected chi connectivity index (χ4v) is 1.52. The van der Waals surface area contributed by atoms with Crippen LogP contribution < -0.4 is 0 Å². The molecular formula is C13H13FN2. The molecule has 1 heterocycles. The quantitative estimate of drug-likeness (QED) is 0.787. The van der Waals surface area contributed by atoms with E-state index in [0.717, 1.165) is 29.9 Å². The van der Waals surface area contributed by atoms with Crippen LogP contribution in [0.25, 0.3) is 11.3 Å². The molecule has 0 atom stereocenters. The fraction of sp³-hybridized carbons (Fsp3) is 0.231. The van der Waals surface area contributed by atoms with Gasteiger partial charge in [0.05, 0.1) is 5.69 Å². The van der Waals surface area contributed by atoms with E-state index in [4.69, 9.17) is 0 Å². The molecule has 2 rings (SSSR count). The Balaban J connectivity index is 2.32. The summed E-state index contributed by atoms with van der Waals surface area (Å²) in [4.78, 5) is 8.62. The third-order valence-electron chi connectivity index (χ3n) is 2.32. The molecule has 0 bridgehead atoms. The molecule has 0 saturated heterocycles. The lowest BCUT2D eigenvalue weighted by Crippen LogP contribution is -1.95. The van der Waals surface area contributed by atoms with Crippen molar-refractivity contribution in [1.29, 1.82) is 0 Å². The highest BCUT2D eigenvalue weighted by Gasteiger charge is 2.01. The molecule has 2 aromatic rings. The molecule has 0 N–H and O–H groups in total. The van der Waals surface area contributed by atoms with Crippen molar-refractivity contribution in [2.24, 2.45) is 0 Å². The van der Waals surface area contributed by atoms with E-state index in [9.17, 15) is 4.39 Å². The van der Waals surface area contributed by atoms with Crippen molar-refractivity contribution in [3.05, 3.63) is 48.2 Å². The highest BCUT2D eigenvalue weighted by molar-refractivity contribution is 5.58. The predicted octanol–water partition coefficient (Wildman–Crippen LogP) is 3.24. The molecule has 16 heavy (non-hydrogen) atoms. The molecule has 0 fully saturated rings. The van der Waals surface area contributed by atoms with Gasteiger partial charge in [-0.1, -0.05) is 6.92 Å². The van der Waals surface area contributed by atoms with Crippen LogP contribution in [0.3, 0.4) is 0 Å². The van der Waals surface area contributed by atoms with E-state index in [-0.39, 0.29) is 5.82 Å². The summed E-state index contributed by atoms with van der Waals surface area (Å²) in [6.07, 6.45) is 3.64. The Labute approximate surface area is 94.2 Å². The smallest absolute Gasteiger partial charge is 0.128 e. The van der Waals surface area contributed by atoms with Crippen molar-refractivity contribution in [1.82, 2.24) is 9.97 Å². The maximum absolute atomic E-state index is 12.8. The van der Waals surface area contributed by atoms with Crippen LogP contribution in [0.4, 0.5) is 4.39 Å². The Morgan fingerprint density at radius 2 is 1.88 bits per heavy atom. The predicted molar refractivity (Wildman–Crippen MR) is 61.4 cm³/mol. The van der Waals surface area contributed by atoms with Crippen LogP contribution in [-0.4, -0.2) is 9.97 Å². The standard InChI is InChI=1S/C13H13FN2/c1-2-3-13-15-9-8-12(16-13)10-4-6-11(14)7-5-10/h4-9H,2-3H2,1H3. The second-order valence-corrected chi connectivity index (χ2v) is 3.62. The molecule has 0 spiro atoms. The van der Waals surface area contributed by atoms with Crippen LogP contribution in [0.15, 0.2) is 36.5 Å². The molecule has 0 aliphatic heterocycles. The largest absolute Gasteiger partial charge is 0.241 e. The lowest BCUT2D eigenvalue weighted by Gasteiger charge is -2.02. The molecule has 3 heteroatoms. The monoisotopic (exact) mass is 216 g/mol. The van der Waals surface area contributed by atoms with Gasteiger partial charge in [0, 0.05) is 18.2 Å². The van der Waals surface area contributed by atoms with Crippen LogP contribution in [0.1, 0.15) is 19.2 Å². The van der Waals surface area contributed by atoms with E-state index in [1.807, 2.05) is 6.07 Å². The average Bonchev–Trinajstić information content (AvgIpc) is 2.31. The van der Waals surface area contributed by atoms with E-state index in [1.54, 1.807) is 18.3 Å². The number of benzene rings is 1. The van der Waals surface area contributed by atoms with Gasteiger partial charge in [-0.25, -0.2) is 14.4 Å². The zero-order valence-electron chi connectivity index (χ0n) is 9.15. The number of hydrogen-bond donors (Lipinski definition) is 0. The lowest BCUT2D eigenvalue weighted by atomic mass is 10.1. The number of hydrogen-bond acceptors (Lipinski definition) is 2. The van der Waals surface area contributed by atoms with E-state index in [2.05, 4.69) is 16.9 Å². The first-order chi connectivity index (χ1) is 7.79. The van der Waals surface area contributed by atoms with Gasteiger partial charge in [0.1, 0.15) is 11.6 Å². The number of aromatic nitrogens is 2. The third-order valence-corrected chi connectivity index (χ3v) is 2.32. The Kier molecular flexibility index (Phi) is 3.25. The molecule has 0 aliphatic carbocycles. The van der Waals surface area contributed by atoms with Gasteiger partial charge in [0.15, 0.2) is 0 Å². The molecule has 1 aromatic carbocycles. The first kappa shape index (κ1) is 10.7. The summed E-state index contributed by atoms with van der Waals surface area (Å²) in [6.45, 7) is 2.09. The Hall–Kier alpha value is -1.77. The molecule has 0 saturated carbocycles. The van der Waals surface area contributed by atoms with Crippen molar-refractivity contribution in [2.45, 2.75) is 19.8 Å². The molecule has 0 aliphatic rings. The van der Waals surface area contributed by atoms with Gasteiger partial charge in [0.25, 0.3) is 0 Å². The van der Waals surface area contributed by atoms with Gasteiger partial charge < -0.3 is 0 Å². The van der Waals surface area contributed by atoms with Gasteiger partial charge in [-0.15, -0.1) is 0 Å². The van der Waals surface area contributed by atoms with Crippen LogP contribution in [0.2, 0.25) is 0 Å². The van der Waals surface area contributed by atoms with Crippen molar-refractivity contribution in [3.63, 3.8) is 0 Å². The van der Waals surface area contributed by atoms with Crippen LogP contribution in [0.5, 0.6) is 0 Å². The zero-order chi connectivity index (χ0) is 11.4. The van der Waals surface area contributed by atoms with Gasteiger partial charge in [-0.3, -0.25) is 0 Å². The Morgan fingerprint density at radius 3 is 2.56 bits per heavy atom. The summed E-state index contributed by atoms with van der Waals surface area (Å²) in [5, 5.41) is 0. The van der Waals surface area contributed by atoms with Crippen molar-refractivity contribution < 1.29 is 4.39 Å². The van der Waals surface area contributed by atoms with E-state index < -0.39 is 0 Å². The van der Waals surface area contributed by atoms with Crippen molar-refractivity contribution in [2.75, 3.05) is 0 Å².